The number of carbonyl (C=O) groups is 2. The molecule has 3 aliphatic rings. The highest BCUT2D eigenvalue weighted by atomic mass is 19.1. The number of ether oxygens (including phenoxy) is 1. The van der Waals surface area contributed by atoms with Gasteiger partial charge in [-0.25, -0.2) is 9.37 Å². The minimum Gasteiger partial charge on any atom is -0.481 e. The Morgan fingerprint density at radius 2 is 1.97 bits per heavy atom. The van der Waals surface area contributed by atoms with Crippen LogP contribution in [0.25, 0.3) is 0 Å². The van der Waals surface area contributed by atoms with Crippen LogP contribution in [-0.4, -0.2) is 30.8 Å². The summed E-state index contributed by atoms with van der Waals surface area (Å²) >= 11 is 0. The van der Waals surface area contributed by atoms with Crippen molar-refractivity contribution in [1.82, 2.24) is 4.98 Å². The molecule has 0 atom stereocenters. The van der Waals surface area contributed by atoms with Gasteiger partial charge in [-0.2, -0.15) is 0 Å². The molecular formula is C24H27FN2O3. The normalized spacial score (nSPS) is 23.9. The lowest BCUT2D eigenvalue weighted by atomic mass is 9.32. The fourth-order valence-corrected chi connectivity index (χ4v) is 5.18. The number of rotatable bonds is 8. The average molecular weight is 410 g/mol. The molecule has 1 amide bonds. The zero-order valence-electron chi connectivity index (χ0n) is 17.7. The molecule has 6 heteroatoms. The van der Waals surface area contributed by atoms with Gasteiger partial charge in [-0.3, -0.25) is 9.59 Å². The fourth-order valence-electron chi connectivity index (χ4n) is 5.18. The topological polar surface area (TPSA) is 59.5 Å². The van der Waals surface area contributed by atoms with Crippen molar-refractivity contribution in [3.8, 4) is 5.88 Å². The molecule has 3 fully saturated rings. The highest BCUT2D eigenvalue weighted by Crippen LogP contribution is 2.74. The monoisotopic (exact) mass is 410 g/mol. The van der Waals surface area contributed by atoms with Crippen molar-refractivity contribution in [3.05, 3.63) is 53.5 Å². The SMILES string of the molecule is CCC(=O)N(C)c1ccc(C23CC(C(=O)CCc4cccnc4OC)(C2)C3)cc1F. The van der Waals surface area contributed by atoms with Crippen LogP contribution in [0.3, 0.4) is 0 Å². The number of hydrogen-bond acceptors (Lipinski definition) is 4. The van der Waals surface area contributed by atoms with E-state index >= 15 is 0 Å². The number of Topliss-reactive ketones (excluding diaryl/α,β-unsaturated/α-hetero) is 1. The maximum Gasteiger partial charge on any atom is 0.226 e. The average Bonchev–Trinajstić information content (AvgIpc) is 2.69. The third-order valence-corrected chi connectivity index (χ3v) is 6.88. The maximum atomic E-state index is 14.7. The number of pyridine rings is 1. The highest BCUT2D eigenvalue weighted by Gasteiger charge is 2.71. The molecule has 5 rings (SSSR count). The van der Waals surface area contributed by atoms with Gasteiger partial charge in [0.2, 0.25) is 11.8 Å². The lowest BCUT2D eigenvalue weighted by Crippen LogP contribution is -2.67. The summed E-state index contributed by atoms with van der Waals surface area (Å²) < 4.78 is 19.9. The van der Waals surface area contributed by atoms with Gasteiger partial charge in [0.15, 0.2) is 0 Å². The van der Waals surface area contributed by atoms with Gasteiger partial charge in [-0.1, -0.05) is 19.1 Å². The van der Waals surface area contributed by atoms with Crippen LogP contribution in [0, 0.1) is 11.2 Å². The number of aryl methyl sites for hydroxylation is 1. The molecule has 3 aliphatic carbocycles. The van der Waals surface area contributed by atoms with Crippen LogP contribution < -0.4 is 9.64 Å². The second-order valence-electron chi connectivity index (χ2n) is 8.66. The third kappa shape index (κ3) is 3.18. The van der Waals surface area contributed by atoms with Crippen molar-refractivity contribution in [2.24, 2.45) is 5.41 Å². The van der Waals surface area contributed by atoms with E-state index in [1.165, 1.54) is 4.90 Å². The van der Waals surface area contributed by atoms with Crippen molar-refractivity contribution in [3.63, 3.8) is 0 Å². The third-order valence-electron chi connectivity index (χ3n) is 6.88. The summed E-state index contributed by atoms with van der Waals surface area (Å²) in [4.78, 5) is 30.3. The first-order valence-electron chi connectivity index (χ1n) is 10.4. The number of amides is 1. The number of anilines is 1. The highest BCUT2D eigenvalue weighted by molar-refractivity contribution is 5.93. The molecule has 0 spiro atoms. The van der Waals surface area contributed by atoms with Crippen LogP contribution in [0.1, 0.15) is 50.2 Å². The number of halogens is 1. The molecule has 1 aromatic heterocycles. The van der Waals surface area contributed by atoms with E-state index in [-0.39, 0.29) is 28.3 Å². The van der Waals surface area contributed by atoms with E-state index in [4.69, 9.17) is 4.74 Å². The van der Waals surface area contributed by atoms with Gasteiger partial charge < -0.3 is 9.64 Å². The molecule has 158 valence electrons. The first kappa shape index (κ1) is 20.5. The summed E-state index contributed by atoms with van der Waals surface area (Å²) in [6.07, 6.45) is 5.44. The van der Waals surface area contributed by atoms with Crippen LogP contribution in [0.4, 0.5) is 10.1 Å². The van der Waals surface area contributed by atoms with Crippen molar-refractivity contribution in [2.45, 2.75) is 50.9 Å². The zero-order chi connectivity index (χ0) is 21.5. The molecule has 30 heavy (non-hydrogen) atoms. The Labute approximate surface area is 176 Å². The summed E-state index contributed by atoms with van der Waals surface area (Å²) in [5.41, 5.74) is 1.84. The molecule has 0 N–H and O–H groups in total. The molecule has 0 unspecified atom stereocenters. The smallest absolute Gasteiger partial charge is 0.226 e. The van der Waals surface area contributed by atoms with Crippen LogP contribution in [-0.2, 0) is 21.4 Å². The number of ketones is 1. The van der Waals surface area contributed by atoms with Gasteiger partial charge in [0.05, 0.1) is 12.8 Å². The second-order valence-corrected chi connectivity index (χ2v) is 8.66. The van der Waals surface area contributed by atoms with Gasteiger partial charge in [0, 0.05) is 37.1 Å². The Balaban J connectivity index is 1.39. The molecule has 1 heterocycles. The van der Waals surface area contributed by atoms with E-state index in [2.05, 4.69) is 4.98 Å². The number of aromatic nitrogens is 1. The van der Waals surface area contributed by atoms with Crippen molar-refractivity contribution < 1.29 is 18.7 Å². The van der Waals surface area contributed by atoms with E-state index in [1.807, 2.05) is 18.2 Å². The molecule has 1 aromatic carbocycles. The van der Waals surface area contributed by atoms with Gasteiger partial charge in [-0.15, -0.1) is 0 Å². The first-order valence-corrected chi connectivity index (χ1v) is 10.4. The molecule has 5 nitrogen and oxygen atoms in total. The number of methoxy groups -OCH3 is 1. The Kier molecular flexibility index (Phi) is 5.12. The molecule has 0 aliphatic heterocycles. The Hall–Kier alpha value is -2.76. The lowest BCUT2D eigenvalue weighted by molar-refractivity contribution is -0.173. The Bertz CT molecular complexity index is 984. The summed E-state index contributed by atoms with van der Waals surface area (Å²) in [7, 11) is 3.18. The molecular weight excluding hydrogens is 383 g/mol. The predicted octanol–water partition coefficient (Wildman–Crippen LogP) is 4.23. The predicted molar refractivity (Wildman–Crippen MR) is 112 cm³/mol. The van der Waals surface area contributed by atoms with Crippen LogP contribution in [0.2, 0.25) is 0 Å². The van der Waals surface area contributed by atoms with Gasteiger partial charge >= 0.3 is 0 Å². The molecule has 3 saturated carbocycles. The molecule has 0 saturated heterocycles. The van der Waals surface area contributed by atoms with Crippen LogP contribution >= 0.6 is 0 Å². The van der Waals surface area contributed by atoms with E-state index in [0.29, 0.717) is 30.8 Å². The number of hydrogen-bond donors (Lipinski definition) is 0. The second kappa shape index (κ2) is 7.49. The summed E-state index contributed by atoms with van der Waals surface area (Å²) in [6.45, 7) is 1.76. The molecule has 2 aromatic rings. The van der Waals surface area contributed by atoms with E-state index in [1.54, 1.807) is 39.4 Å². The number of nitrogens with zero attached hydrogens (tertiary/aromatic N) is 2. The van der Waals surface area contributed by atoms with E-state index < -0.39 is 0 Å². The van der Waals surface area contributed by atoms with E-state index in [0.717, 1.165) is 30.4 Å². The summed E-state index contributed by atoms with van der Waals surface area (Å²) in [5.74, 6) is 0.342. The van der Waals surface area contributed by atoms with Crippen molar-refractivity contribution >= 4 is 17.4 Å². The maximum absolute atomic E-state index is 14.7. The summed E-state index contributed by atoms with van der Waals surface area (Å²) in [5, 5.41) is 0. The summed E-state index contributed by atoms with van der Waals surface area (Å²) in [6, 6.07) is 8.92. The first-order chi connectivity index (χ1) is 14.3. The quantitative estimate of drug-likeness (QED) is 0.654. The minimum atomic E-state index is -0.384. The Morgan fingerprint density at radius 1 is 1.23 bits per heavy atom. The van der Waals surface area contributed by atoms with Crippen molar-refractivity contribution in [1.29, 1.82) is 0 Å². The van der Waals surface area contributed by atoms with Gasteiger partial charge in [0.1, 0.15) is 11.6 Å². The minimum absolute atomic E-state index is 0.0889. The van der Waals surface area contributed by atoms with Gasteiger partial charge in [-0.05, 0) is 54.9 Å². The standard InChI is InChI=1S/C24H27FN2O3/c1-4-21(29)27(2)19-9-8-17(12-18(19)25)23-13-24(14-23,15-23)20(28)10-7-16-6-5-11-26-22(16)30-3/h5-6,8-9,11-12H,4,7,10,13-15H2,1-3H3. The Morgan fingerprint density at radius 3 is 2.60 bits per heavy atom. The van der Waals surface area contributed by atoms with Crippen molar-refractivity contribution in [2.75, 3.05) is 19.1 Å². The fraction of sp³-hybridized carbons (Fsp3) is 0.458. The number of benzene rings is 1. The molecule has 2 bridgehead atoms. The zero-order valence-corrected chi connectivity index (χ0v) is 17.7. The van der Waals surface area contributed by atoms with Crippen LogP contribution in [0.5, 0.6) is 5.88 Å². The van der Waals surface area contributed by atoms with Crippen LogP contribution in [0.15, 0.2) is 36.5 Å². The number of carbonyl (C=O) groups excluding carboxylic acids is 2. The van der Waals surface area contributed by atoms with E-state index in [9.17, 15) is 14.0 Å². The largest absolute Gasteiger partial charge is 0.481 e. The lowest BCUT2D eigenvalue weighted by Gasteiger charge is -2.70. The molecule has 0 radical (unpaired) electrons. The van der Waals surface area contributed by atoms with Gasteiger partial charge in [0.25, 0.3) is 0 Å².